The number of nitrogens with zero attached hydrogens (tertiary/aromatic N) is 1. The number of carbonyl (C=O) groups is 2. The minimum absolute atomic E-state index is 0.0946. The summed E-state index contributed by atoms with van der Waals surface area (Å²) in [6.45, 7) is 1.96. The number of aromatic nitrogens is 1. The molecule has 0 fully saturated rings. The van der Waals surface area contributed by atoms with E-state index in [-0.39, 0.29) is 12.5 Å². The van der Waals surface area contributed by atoms with Gasteiger partial charge in [-0.05, 0) is 36.2 Å². The lowest BCUT2D eigenvalue weighted by molar-refractivity contribution is 0.0829. The normalized spacial score (nSPS) is 10.2. The number of aryl methyl sites for hydroxylation is 1. The minimum Gasteiger partial charge on any atom is -0.484 e. The molecule has 19 heavy (non-hydrogen) atoms. The molecule has 2 aromatic rings. The third kappa shape index (κ3) is 3.10. The molecule has 0 unspecified atom stereocenters. The summed E-state index contributed by atoms with van der Waals surface area (Å²) in [5, 5.41) is 0. The van der Waals surface area contributed by atoms with Crippen molar-refractivity contribution >= 4 is 12.2 Å². The quantitative estimate of drug-likeness (QED) is 0.773. The van der Waals surface area contributed by atoms with Crippen molar-refractivity contribution in [3.8, 4) is 5.75 Å². The van der Waals surface area contributed by atoms with Gasteiger partial charge in [-0.25, -0.2) is 0 Å². The fourth-order valence-electron chi connectivity index (χ4n) is 1.79. The van der Waals surface area contributed by atoms with E-state index in [0.717, 1.165) is 12.0 Å². The first kappa shape index (κ1) is 13.1. The Labute approximate surface area is 111 Å². The van der Waals surface area contributed by atoms with Crippen molar-refractivity contribution in [1.29, 1.82) is 0 Å². The van der Waals surface area contributed by atoms with Crippen LogP contribution in [0, 0.1) is 0 Å². The highest BCUT2D eigenvalue weighted by atomic mass is 16.5. The number of benzene rings is 1. The van der Waals surface area contributed by atoms with Gasteiger partial charge in [0.25, 0.3) is 5.91 Å². The van der Waals surface area contributed by atoms with Crippen LogP contribution in [0.1, 0.15) is 27.8 Å². The Hall–Kier alpha value is -2.36. The minimum atomic E-state index is -0.269. The van der Waals surface area contributed by atoms with Gasteiger partial charge in [0, 0.05) is 6.20 Å². The van der Waals surface area contributed by atoms with E-state index in [1.165, 1.54) is 4.57 Å². The maximum absolute atomic E-state index is 11.9. The molecule has 4 nitrogen and oxygen atoms in total. The van der Waals surface area contributed by atoms with Gasteiger partial charge in [-0.2, -0.15) is 0 Å². The molecular formula is C15H15NO3. The third-order valence-electron chi connectivity index (χ3n) is 2.84. The van der Waals surface area contributed by atoms with E-state index in [2.05, 4.69) is 6.92 Å². The second kappa shape index (κ2) is 6.00. The summed E-state index contributed by atoms with van der Waals surface area (Å²) in [6, 6.07) is 10.9. The second-order valence-electron chi connectivity index (χ2n) is 4.10. The van der Waals surface area contributed by atoms with Crippen LogP contribution in [0.4, 0.5) is 0 Å². The maximum Gasteiger partial charge on any atom is 0.269 e. The van der Waals surface area contributed by atoms with E-state index >= 15 is 0 Å². The van der Waals surface area contributed by atoms with Crippen LogP contribution < -0.4 is 4.74 Å². The zero-order chi connectivity index (χ0) is 13.7. The lowest BCUT2D eigenvalue weighted by Crippen LogP contribution is -2.20. The summed E-state index contributed by atoms with van der Waals surface area (Å²) < 4.78 is 6.74. The zero-order valence-electron chi connectivity index (χ0n) is 10.7. The lowest BCUT2D eigenvalue weighted by atomic mass is 10.2. The van der Waals surface area contributed by atoms with Gasteiger partial charge >= 0.3 is 0 Å². The highest BCUT2D eigenvalue weighted by molar-refractivity contribution is 5.87. The number of carbonyl (C=O) groups excluding carboxylic acids is 2. The number of rotatable bonds is 5. The SMILES string of the molecule is CCc1cccc(OCC(=O)n2cccc2C=O)c1. The monoisotopic (exact) mass is 257 g/mol. The molecule has 1 aromatic heterocycles. The highest BCUT2D eigenvalue weighted by Gasteiger charge is 2.09. The molecule has 1 heterocycles. The molecule has 98 valence electrons. The van der Waals surface area contributed by atoms with Gasteiger partial charge in [0.05, 0.1) is 5.69 Å². The summed E-state index contributed by atoms with van der Waals surface area (Å²) in [6.07, 6.45) is 3.12. The molecule has 4 heteroatoms. The van der Waals surface area contributed by atoms with Gasteiger partial charge < -0.3 is 4.74 Å². The molecule has 0 atom stereocenters. The van der Waals surface area contributed by atoms with Crippen molar-refractivity contribution in [1.82, 2.24) is 4.57 Å². The molecule has 0 saturated carbocycles. The van der Waals surface area contributed by atoms with Crippen LogP contribution in [0.2, 0.25) is 0 Å². The van der Waals surface area contributed by atoms with Crippen LogP contribution in [-0.4, -0.2) is 23.4 Å². The second-order valence-corrected chi connectivity index (χ2v) is 4.10. The summed E-state index contributed by atoms with van der Waals surface area (Å²) in [7, 11) is 0. The molecule has 0 radical (unpaired) electrons. The van der Waals surface area contributed by atoms with Gasteiger partial charge in [-0.1, -0.05) is 19.1 Å². The largest absolute Gasteiger partial charge is 0.484 e. The van der Waals surface area contributed by atoms with Crippen molar-refractivity contribution < 1.29 is 14.3 Å². The standard InChI is InChI=1S/C15H15NO3/c1-2-12-5-3-7-14(9-12)19-11-15(18)16-8-4-6-13(16)10-17/h3-10H,2,11H2,1H3. The number of ether oxygens (including phenoxy) is 1. The fourth-order valence-corrected chi connectivity index (χ4v) is 1.79. The predicted molar refractivity (Wildman–Crippen MR) is 71.8 cm³/mol. The Morgan fingerprint density at radius 2 is 2.16 bits per heavy atom. The van der Waals surface area contributed by atoms with Crippen molar-refractivity contribution in [3.05, 3.63) is 53.9 Å². The summed E-state index contributed by atoms with van der Waals surface area (Å²) in [5.74, 6) is 0.390. The van der Waals surface area contributed by atoms with E-state index < -0.39 is 0 Å². The fraction of sp³-hybridized carbons (Fsp3) is 0.200. The van der Waals surface area contributed by atoms with E-state index in [1.54, 1.807) is 18.3 Å². The first-order valence-corrected chi connectivity index (χ1v) is 6.12. The average Bonchev–Trinajstić information content (AvgIpc) is 2.93. The summed E-state index contributed by atoms with van der Waals surface area (Å²) >= 11 is 0. The van der Waals surface area contributed by atoms with Gasteiger partial charge in [-0.15, -0.1) is 0 Å². The van der Waals surface area contributed by atoms with Crippen LogP contribution in [-0.2, 0) is 6.42 Å². The van der Waals surface area contributed by atoms with Crippen LogP contribution in [0.3, 0.4) is 0 Å². The molecule has 0 aliphatic carbocycles. The van der Waals surface area contributed by atoms with Crippen LogP contribution in [0.15, 0.2) is 42.6 Å². The molecule has 0 aliphatic rings. The van der Waals surface area contributed by atoms with Crippen molar-refractivity contribution in [3.63, 3.8) is 0 Å². The van der Waals surface area contributed by atoms with Gasteiger partial charge in [0.15, 0.2) is 12.9 Å². The molecule has 0 N–H and O–H groups in total. The van der Waals surface area contributed by atoms with Crippen LogP contribution in [0.25, 0.3) is 0 Å². The number of hydrogen-bond donors (Lipinski definition) is 0. The van der Waals surface area contributed by atoms with Gasteiger partial charge in [-0.3, -0.25) is 14.2 Å². The third-order valence-corrected chi connectivity index (χ3v) is 2.84. The van der Waals surface area contributed by atoms with Crippen molar-refractivity contribution in [2.45, 2.75) is 13.3 Å². The topological polar surface area (TPSA) is 48.3 Å². The smallest absolute Gasteiger partial charge is 0.269 e. The van der Waals surface area contributed by atoms with Gasteiger partial charge in [0.1, 0.15) is 5.75 Å². The summed E-state index contributed by atoms with van der Waals surface area (Å²) in [4.78, 5) is 22.6. The average molecular weight is 257 g/mol. The zero-order valence-corrected chi connectivity index (χ0v) is 10.7. The molecular weight excluding hydrogens is 242 g/mol. The Morgan fingerprint density at radius 1 is 1.32 bits per heavy atom. The Balaban J connectivity index is 2.02. The lowest BCUT2D eigenvalue weighted by Gasteiger charge is -2.08. The first-order valence-electron chi connectivity index (χ1n) is 6.12. The van der Waals surface area contributed by atoms with Crippen LogP contribution in [0.5, 0.6) is 5.75 Å². The maximum atomic E-state index is 11.9. The molecule has 1 aromatic carbocycles. The highest BCUT2D eigenvalue weighted by Crippen LogP contribution is 2.13. The first-order chi connectivity index (χ1) is 9.24. The van der Waals surface area contributed by atoms with E-state index in [9.17, 15) is 9.59 Å². The van der Waals surface area contributed by atoms with Gasteiger partial charge in [0.2, 0.25) is 0 Å². The predicted octanol–water partition coefficient (Wildman–Crippen LogP) is 2.58. The van der Waals surface area contributed by atoms with Crippen molar-refractivity contribution in [2.75, 3.05) is 6.61 Å². The van der Waals surface area contributed by atoms with E-state index in [1.807, 2.05) is 24.3 Å². The Kier molecular flexibility index (Phi) is 4.13. The molecule has 0 saturated heterocycles. The van der Waals surface area contributed by atoms with Crippen molar-refractivity contribution in [2.24, 2.45) is 0 Å². The summed E-state index contributed by atoms with van der Waals surface area (Å²) in [5.41, 5.74) is 1.48. The Morgan fingerprint density at radius 3 is 2.89 bits per heavy atom. The molecule has 0 aliphatic heterocycles. The van der Waals surface area contributed by atoms with E-state index in [0.29, 0.717) is 17.7 Å². The molecule has 2 rings (SSSR count). The van der Waals surface area contributed by atoms with Crippen LogP contribution >= 0.6 is 0 Å². The molecule has 0 bridgehead atoms. The molecule has 0 spiro atoms. The number of hydrogen-bond acceptors (Lipinski definition) is 3. The van der Waals surface area contributed by atoms with E-state index in [4.69, 9.17) is 4.74 Å². The number of aldehydes is 1. The Bertz CT molecular complexity index is 587. The molecule has 0 amide bonds.